The number of benzene rings is 2. The molecule has 0 bridgehead atoms. The van der Waals surface area contributed by atoms with Crippen molar-refractivity contribution in [2.24, 2.45) is 0 Å². The van der Waals surface area contributed by atoms with Crippen molar-refractivity contribution in [2.45, 2.75) is 13.2 Å². The SMILES string of the molecule is Nc1ccc(F)cc1C(=O)OCc1cc(F)cc(CO)c1N. The fraction of sp³-hybridized carbons (Fsp3) is 0.133. The third-order valence-corrected chi connectivity index (χ3v) is 3.08. The van der Waals surface area contributed by atoms with Crippen molar-refractivity contribution < 1.29 is 23.4 Å². The van der Waals surface area contributed by atoms with Crippen molar-refractivity contribution in [1.29, 1.82) is 0 Å². The standard InChI is InChI=1S/C15H14F2N2O3/c16-10-1-2-13(18)12(5-10)15(21)22-7-9-4-11(17)3-8(6-20)14(9)19/h1-5,20H,6-7,18-19H2. The van der Waals surface area contributed by atoms with E-state index in [4.69, 9.17) is 21.3 Å². The minimum atomic E-state index is -0.855. The number of nitrogen functional groups attached to an aromatic ring is 2. The number of nitrogens with two attached hydrogens (primary N) is 2. The van der Waals surface area contributed by atoms with Crippen molar-refractivity contribution in [3.8, 4) is 0 Å². The quantitative estimate of drug-likeness (QED) is 0.592. The van der Waals surface area contributed by atoms with Crippen LogP contribution in [0.2, 0.25) is 0 Å². The highest BCUT2D eigenvalue weighted by molar-refractivity contribution is 5.95. The first-order valence-electron chi connectivity index (χ1n) is 6.32. The molecule has 7 heteroatoms. The van der Waals surface area contributed by atoms with E-state index in [0.29, 0.717) is 0 Å². The fourth-order valence-corrected chi connectivity index (χ4v) is 1.91. The molecule has 5 nitrogen and oxygen atoms in total. The third-order valence-electron chi connectivity index (χ3n) is 3.08. The van der Waals surface area contributed by atoms with E-state index in [0.717, 1.165) is 24.3 Å². The monoisotopic (exact) mass is 308 g/mol. The Kier molecular flexibility index (Phi) is 4.57. The minimum absolute atomic E-state index is 0.0645. The average molecular weight is 308 g/mol. The van der Waals surface area contributed by atoms with Gasteiger partial charge >= 0.3 is 5.97 Å². The third kappa shape index (κ3) is 3.32. The van der Waals surface area contributed by atoms with Gasteiger partial charge in [0.1, 0.15) is 18.2 Å². The molecule has 116 valence electrons. The van der Waals surface area contributed by atoms with E-state index in [9.17, 15) is 13.6 Å². The van der Waals surface area contributed by atoms with Crippen LogP contribution in [0.1, 0.15) is 21.5 Å². The first kappa shape index (κ1) is 15.7. The lowest BCUT2D eigenvalue weighted by Crippen LogP contribution is -2.10. The lowest BCUT2D eigenvalue weighted by Gasteiger charge is -2.11. The Morgan fingerprint density at radius 3 is 2.45 bits per heavy atom. The van der Waals surface area contributed by atoms with Crippen molar-refractivity contribution in [1.82, 2.24) is 0 Å². The molecule has 0 aliphatic rings. The average Bonchev–Trinajstić information content (AvgIpc) is 2.49. The number of hydrogen-bond acceptors (Lipinski definition) is 5. The molecule has 0 saturated heterocycles. The second-order valence-electron chi connectivity index (χ2n) is 4.60. The first-order valence-corrected chi connectivity index (χ1v) is 6.32. The lowest BCUT2D eigenvalue weighted by atomic mass is 10.1. The second kappa shape index (κ2) is 6.40. The summed E-state index contributed by atoms with van der Waals surface area (Å²) in [4.78, 5) is 11.9. The highest BCUT2D eigenvalue weighted by atomic mass is 19.1. The normalized spacial score (nSPS) is 10.5. The van der Waals surface area contributed by atoms with Crippen LogP contribution in [-0.4, -0.2) is 11.1 Å². The van der Waals surface area contributed by atoms with Crippen LogP contribution in [0.25, 0.3) is 0 Å². The Hall–Kier alpha value is -2.67. The number of carbonyl (C=O) groups excluding carboxylic acids is 1. The summed E-state index contributed by atoms with van der Waals surface area (Å²) in [6.07, 6.45) is 0. The van der Waals surface area contributed by atoms with Gasteiger partial charge in [-0.1, -0.05) is 0 Å². The minimum Gasteiger partial charge on any atom is -0.457 e. The van der Waals surface area contributed by atoms with Gasteiger partial charge in [0.2, 0.25) is 0 Å². The van der Waals surface area contributed by atoms with E-state index in [-0.39, 0.29) is 34.7 Å². The van der Waals surface area contributed by atoms with Crippen molar-refractivity contribution in [3.63, 3.8) is 0 Å². The summed E-state index contributed by atoms with van der Waals surface area (Å²) < 4.78 is 31.5. The molecule has 0 atom stereocenters. The largest absolute Gasteiger partial charge is 0.457 e. The summed E-state index contributed by atoms with van der Waals surface area (Å²) in [6.45, 7) is -0.771. The summed E-state index contributed by atoms with van der Waals surface area (Å²) in [7, 11) is 0. The predicted molar refractivity (Wildman–Crippen MR) is 76.7 cm³/mol. The summed E-state index contributed by atoms with van der Waals surface area (Å²) in [6, 6.07) is 5.49. The van der Waals surface area contributed by atoms with Crippen molar-refractivity contribution >= 4 is 17.3 Å². The molecule has 0 amide bonds. The first-order chi connectivity index (χ1) is 10.4. The zero-order valence-corrected chi connectivity index (χ0v) is 11.5. The molecule has 0 aromatic heterocycles. The smallest absolute Gasteiger partial charge is 0.340 e. The molecule has 0 fully saturated rings. The molecule has 0 aliphatic heterocycles. The molecule has 0 heterocycles. The van der Waals surface area contributed by atoms with Crippen LogP contribution in [0.5, 0.6) is 0 Å². The maximum atomic E-state index is 13.4. The van der Waals surface area contributed by atoms with Crippen LogP contribution in [0, 0.1) is 11.6 Å². The van der Waals surface area contributed by atoms with E-state index < -0.39 is 24.2 Å². The van der Waals surface area contributed by atoms with Crippen LogP contribution in [0.4, 0.5) is 20.2 Å². The number of rotatable bonds is 4. The number of anilines is 2. The molecule has 0 unspecified atom stereocenters. The van der Waals surface area contributed by atoms with Crippen LogP contribution in [0.3, 0.4) is 0 Å². The van der Waals surface area contributed by atoms with Gasteiger partial charge in [0.15, 0.2) is 0 Å². The van der Waals surface area contributed by atoms with Gasteiger partial charge in [0.25, 0.3) is 0 Å². The highest BCUT2D eigenvalue weighted by Gasteiger charge is 2.15. The molecule has 0 aliphatic carbocycles. The number of hydrogen-bond donors (Lipinski definition) is 3. The number of aliphatic hydroxyl groups excluding tert-OH is 1. The van der Waals surface area contributed by atoms with Crippen LogP contribution in [0.15, 0.2) is 30.3 Å². The van der Waals surface area contributed by atoms with Gasteiger partial charge in [0, 0.05) is 22.5 Å². The summed E-state index contributed by atoms with van der Waals surface area (Å²) in [5, 5.41) is 9.08. The van der Waals surface area contributed by atoms with Crippen molar-refractivity contribution in [2.75, 3.05) is 11.5 Å². The Bertz CT molecular complexity index is 720. The molecule has 0 spiro atoms. The van der Waals surface area contributed by atoms with Gasteiger partial charge in [-0.05, 0) is 30.3 Å². The van der Waals surface area contributed by atoms with E-state index in [2.05, 4.69) is 0 Å². The topological polar surface area (TPSA) is 98.6 Å². The second-order valence-corrected chi connectivity index (χ2v) is 4.60. The van der Waals surface area contributed by atoms with E-state index >= 15 is 0 Å². The van der Waals surface area contributed by atoms with Gasteiger partial charge in [-0.3, -0.25) is 0 Å². The Labute approximate surface area is 125 Å². The van der Waals surface area contributed by atoms with Gasteiger partial charge in [0.05, 0.1) is 12.2 Å². The van der Waals surface area contributed by atoms with Crippen LogP contribution >= 0.6 is 0 Å². The fourth-order valence-electron chi connectivity index (χ4n) is 1.91. The van der Waals surface area contributed by atoms with E-state index in [1.54, 1.807) is 0 Å². The molecule has 2 aromatic carbocycles. The van der Waals surface area contributed by atoms with Crippen LogP contribution < -0.4 is 11.5 Å². The molecule has 0 saturated carbocycles. The molecule has 2 rings (SSSR count). The Morgan fingerprint density at radius 2 is 1.77 bits per heavy atom. The highest BCUT2D eigenvalue weighted by Crippen LogP contribution is 2.22. The summed E-state index contributed by atoms with van der Waals surface area (Å²) in [5.41, 5.74) is 11.8. The lowest BCUT2D eigenvalue weighted by molar-refractivity contribution is 0.0474. The van der Waals surface area contributed by atoms with Gasteiger partial charge in [-0.15, -0.1) is 0 Å². The molecule has 0 radical (unpaired) electrons. The molecule has 22 heavy (non-hydrogen) atoms. The molecule has 2 aromatic rings. The number of aliphatic hydroxyl groups is 1. The van der Waals surface area contributed by atoms with Gasteiger partial charge in [-0.2, -0.15) is 0 Å². The summed E-state index contributed by atoms with van der Waals surface area (Å²) in [5.74, 6) is -2.10. The Morgan fingerprint density at radius 1 is 1.09 bits per heavy atom. The zero-order valence-electron chi connectivity index (χ0n) is 11.5. The van der Waals surface area contributed by atoms with Gasteiger partial charge < -0.3 is 21.3 Å². The number of esters is 1. The number of carbonyl (C=O) groups is 1. The van der Waals surface area contributed by atoms with Crippen LogP contribution in [-0.2, 0) is 18.0 Å². The predicted octanol–water partition coefficient (Wildman–Crippen LogP) is 1.98. The maximum Gasteiger partial charge on any atom is 0.340 e. The molecule has 5 N–H and O–H groups in total. The number of halogens is 2. The van der Waals surface area contributed by atoms with E-state index in [1.807, 2.05) is 0 Å². The van der Waals surface area contributed by atoms with Gasteiger partial charge in [-0.25, -0.2) is 13.6 Å². The zero-order chi connectivity index (χ0) is 16.3. The number of ether oxygens (including phenoxy) is 1. The van der Waals surface area contributed by atoms with E-state index in [1.165, 1.54) is 6.07 Å². The Balaban J connectivity index is 2.18. The van der Waals surface area contributed by atoms with Crippen molar-refractivity contribution in [3.05, 3.63) is 58.7 Å². The summed E-state index contributed by atoms with van der Waals surface area (Å²) >= 11 is 0. The maximum absolute atomic E-state index is 13.4. The molecular weight excluding hydrogens is 294 g/mol. The molecular formula is C15H14F2N2O3.